The molecular weight excluding hydrogens is 232 g/mol. The minimum Gasteiger partial charge on any atom is -0.378 e. The second-order valence-electron chi connectivity index (χ2n) is 4.08. The second kappa shape index (κ2) is 4.82. The van der Waals surface area contributed by atoms with E-state index in [4.69, 9.17) is 0 Å². The maximum atomic E-state index is 11.7. The van der Waals surface area contributed by atoms with Crippen molar-refractivity contribution in [1.29, 1.82) is 0 Å². The number of nitrogens with zero attached hydrogens (tertiary/aromatic N) is 4. The van der Waals surface area contributed by atoms with Crippen LogP contribution < -0.4 is 10.2 Å². The lowest BCUT2D eigenvalue weighted by atomic mass is 10.1. The molecule has 0 aliphatic heterocycles. The summed E-state index contributed by atoms with van der Waals surface area (Å²) in [6, 6.07) is 5.77. The van der Waals surface area contributed by atoms with E-state index in [1.807, 2.05) is 44.1 Å². The van der Waals surface area contributed by atoms with E-state index < -0.39 is 0 Å². The third-order valence-corrected chi connectivity index (χ3v) is 2.52. The van der Waals surface area contributed by atoms with Gasteiger partial charge in [-0.05, 0) is 35.9 Å². The highest BCUT2D eigenvalue weighted by atomic mass is 16.2. The van der Waals surface area contributed by atoms with Crippen molar-refractivity contribution in [2.45, 2.75) is 6.92 Å². The molecule has 1 heterocycles. The van der Waals surface area contributed by atoms with Crippen LogP contribution in [0.3, 0.4) is 0 Å². The van der Waals surface area contributed by atoms with Gasteiger partial charge in [-0.1, -0.05) is 0 Å². The SMILES string of the molecule is Cc1cc(N(C)C)ccc1NC(=O)c1nn[nH]n1. The molecule has 1 aromatic carbocycles. The quantitative estimate of drug-likeness (QED) is 0.837. The van der Waals surface area contributed by atoms with Crippen molar-refractivity contribution in [3.05, 3.63) is 29.6 Å². The van der Waals surface area contributed by atoms with Crippen molar-refractivity contribution >= 4 is 17.3 Å². The first-order chi connectivity index (χ1) is 8.58. The average Bonchev–Trinajstić information content (AvgIpc) is 2.85. The Labute approximate surface area is 104 Å². The Kier molecular flexibility index (Phi) is 3.22. The van der Waals surface area contributed by atoms with Gasteiger partial charge in [0.2, 0.25) is 0 Å². The van der Waals surface area contributed by atoms with Crippen molar-refractivity contribution < 1.29 is 4.79 Å². The Hall–Kier alpha value is -2.44. The molecule has 0 atom stereocenters. The molecule has 1 aromatic heterocycles. The minimum absolute atomic E-state index is 0.0195. The Morgan fingerprint density at radius 3 is 2.72 bits per heavy atom. The fraction of sp³-hybridized carbons (Fsp3) is 0.273. The molecule has 0 aliphatic rings. The van der Waals surface area contributed by atoms with Gasteiger partial charge in [-0.3, -0.25) is 4.79 Å². The summed E-state index contributed by atoms with van der Waals surface area (Å²) in [5.74, 6) is -0.365. The van der Waals surface area contributed by atoms with Gasteiger partial charge in [0, 0.05) is 25.5 Å². The van der Waals surface area contributed by atoms with Crippen molar-refractivity contribution in [3.8, 4) is 0 Å². The van der Waals surface area contributed by atoms with Gasteiger partial charge in [0.05, 0.1) is 0 Å². The highest BCUT2D eigenvalue weighted by Gasteiger charge is 2.12. The number of rotatable bonds is 3. The molecule has 2 aromatic rings. The third kappa shape index (κ3) is 2.45. The van der Waals surface area contributed by atoms with E-state index in [0.717, 1.165) is 16.9 Å². The predicted octanol–water partition coefficient (Wildman–Crippen LogP) is 0.826. The number of carbonyl (C=O) groups is 1. The number of nitrogens with one attached hydrogen (secondary N) is 2. The molecule has 7 nitrogen and oxygen atoms in total. The van der Waals surface area contributed by atoms with Crippen LogP contribution in [0.15, 0.2) is 18.2 Å². The molecule has 0 saturated heterocycles. The summed E-state index contributed by atoms with van der Waals surface area (Å²) in [5.41, 5.74) is 2.78. The topological polar surface area (TPSA) is 86.8 Å². The molecular formula is C11H14N6O. The summed E-state index contributed by atoms with van der Waals surface area (Å²) >= 11 is 0. The second-order valence-corrected chi connectivity index (χ2v) is 4.08. The standard InChI is InChI=1S/C11H14N6O/c1-7-6-8(17(2)3)4-5-9(7)12-11(18)10-13-15-16-14-10/h4-6H,1-3H3,(H,12,18)(H,13,14,15,16). The van der Waals surface area contributed by atoms with Crippen LogP contribution in [0.25, 0.3) is 0 Å². The lowest BCUT2D eigenvalue weighted by molar-refractivity contribution is 0.101. The van der Waals surface area contributed by atoms with Crippen LogP contribution in [0, 0.1) is 6.92 Å². The largest absolute Gasteiger partial charge is 0.378 e. The van der Waals surface area contributed by atoms with Crippen molar-refractivity contribution in [2.24, 2.45) is 0 Å². The Balaban J connectivity index is 2.17. The summed E-state index contributed by atoms with van der Waals surface area (Å²) in [5, 5.41) is 15.6. The lowest BCUT2D eigenvalue weighted by Crippen LogP contribution is -2.15. The molecule has 2 rings (SSSR count). The normalized spacial score (nSPS) is 10.2. The highest BCUT2D eigenvalue weighted by Crippen LogP contribution is 2.21. The summed E-state index contributed by atoms with van der Waals surface area (Å²) in [6.45, 7) is 1.93. The first kappa shape index (κ1) is 12.0. The summed E-state index contributed by atoms with van der Waals surface area (Å²) in [7, 11) is 3.93. The summed E-state index contributed by atoms with van der Waals surface area (Å²) in [4.78, 5) is 13.7. The fourth-order valence-electron chi connectivity index (χ4n) is 1.50. The number of benzene rings is 1. The molecule has 0 spiro atoms. The molecule has 0 saturated carbocycles. The van der Waals surface area contributed by atoms with Gasteiger partial charge in [-0.15, -0.1) is 10.2 Å². The highest BCUT2D eigenvalue weighted by molar-refractivity contribution is 6.01. The van der Waals surface area contributed by atoms with Crippen LogP contribution in [-0.2, 0) is 0 Å². The maximum Gasteiger partial charge on any atom is 0.297 e. The predicted molar refractivity (Wildman–Crippen MR) is 67.6 cm³/mol. The molecule has 2 N–H and O–H groups in total. The number of tetrazole rings is 1. The third-order valence-electron chi connectivity index (χ3n) is 2.52. The number of aromatic amines is 1. The number of carbonyl (C=O) groups excluding carboxylic acids is 1. The Morgan fingerprint density at radius 2 is 2.17 bits per heavy atom. The monoisotopic (exact) mass is 246 g/mol. The molecule has 94 valence electrons. The van der Waals surface area contributed by atoms with Gasteiger partial charge in [-0.2, -0.15) is 5.21 Å². The summed E-state index contributed by atoms with van der Waals surface area (Å²) in [6.07, 6.45) is 0. The van der Waals surface area contributed by atoms with Crippen LogP contribution in [0.5, 0.6) is 0 Å². The number of anilines is 2. The molecule has 7 heteroatoms. The fourth-order valence-corrected chi connectivity index (χ4v) is 1.50. The molecule has 1 amide bonds. The van der Waals surface area contributed by atoms with E-state index >= 15 is 0 Å². The first-order valence-electron chi connectivity index (χ1n) is 5.40. The van der Waals surface area contributed by atoms with Crippen LogP contribution in [-0.4, -0.2) is 40.6 Å². The van der Waals surface area contributed by atoms with E-state index in [1.165, 1.54) is 0 Å². The van der Waals surface area contributed by atoms with E-state index in [9.17, 15) is 4.79 Å². The number of aromatic nitrogens is 4. The van der Waals surface area contributed by atoms with Gasteiger partial charge in [-0.25, -0.2) is 0 Å². The van der Waals surface area contributed by atoms with E-state index in [2.05, 4.69) is 25.9 Å². The molecule has 0 unspecified atom stereocenters. The number of hydrogen-bond acceptors (Lipinski definition) is 5. The van der Waals surface area contributed by atoms with Crippen LogP contribution in [0.1, 0.15) is 16.2 Å². The number of amides is 1. The number of hydrogen-bond donors (Lipinski definition) is 2. The van der Waals surface area contributed by atoms with Crippen LogP contribution >= 0.6 is 0 Å². The van der Waals surface area contributed by atoms with Crippen molar-refractivity contribution in [3.63, 3.8) is 0 Å². The van der Waals surface area contributed by atoms with E-state index in [0.29, 0.717) is 0 Å². The van der Waals surface area contributed by atoms with Gasteiger partial charge in [0.25, 0.3) is 11.7 Å². The van der Waals surface area contributed by atoms with Gasteiger partial charge < -0.3 is 10.2 Å². The average molecular weight is 246 g/mol. The molecule has 0 aliphatic carbocycles. The molecule has 0 radical (unpaired) electrons. The molecule has 18 heavy (non-hydrogen) atoms. The minimum atomic E-state index is -0.385. The smallest absolute Gasteiger partial charge is 0.297 e. The van der Waals surface area contributed by atoms with Crippen molar-refractivity contribution in [1.82, 2.24) is 20.6 Å². The van der Waals surface area contributed by atoms with Crippen LogP contribution in [0.2, 0.25) is 0 Å². The zero-order valence-corrected chi connectivity index (χ0v) is 10.4. The molecule has 0 bridgehead atoms. The Bertz CT molecular complexity index is 549. The van der Waals surface area contributed by atoms with Gasteiger partial charge in [0.15, 0.2) is 0 Å². The van der Waals surface area contributed by atoms with Gasteiger partial charge >= 0.3 is 0 Å². The Morgan fingerprint density at radius 1 is 1.39 bits per heavy atom. The summed E-state index contributed by atoms with van der Waals surface area (Å²) < 4.78 is 0. The van der Waals surface area contributed by atoms with Gasteiger partial charge in [0.1, 0.15) is 0 Å². The van der Waals surface area contributed by atoms with E-state index in [1.54, 1.807) is 0 Å². The number of H-pyrrole nitrogens is 1. The van der Waals surface area contributed by atoms with Crippen LogP contribution in [0.4, 0.5) is 11.4 Å². The zero-order valence-electron chi connectivity index (χ0n) is 10.4. The van der Waals surface area contributed by atoms with E-state index in [-0.39, 0.29) is 11.7 Å². The zero-order chi connectivity index (χ0) is 13.1. The maximum absolute atomic E-state index is 11.7. The first-order valence-corrected chi connectivity index (χ1v) is 5.40. The molecule has 0 fully saturated rings. The number of aryl methyl sites for hydroxylation is 1. The van der Waals surface area contributed by atoms with Crippen molar-refractivity contribution in [2.75, 3.05) is 24.3 Å². The lowest BCUT2D eigenvalue weighted by Gasteiger charge is -2.15.